The molecule has 0 aliphatic carbocycles. The molecule has 9 heavy (non-hydrogen) atoms. The van der Waals surface area contributed by atoms with Crippen LogP contribution in [0.25, 0.3) is 0 Å². The Morgan fingerprint density at radius 3 is 2.56 bits per heavy atom. The zero-order valence-corrected chi connectivity index (χ0v) is 8.69. The van der Waals surface area contributed by atoms with E-state index in [4.69, 9.17) is 0 Å². The lowest BCUT2D eigenvalue weighted by Gasteiger charge is -1.92. The van der Waals surface area contributed by atoms with E-state index in [1.54, 1.807) is 0 Å². The fourth-order valence-electron chi connectivity index (χ4n) is 0.856. The average Bonchev–Trinajstić information content (AvgIpc) is 1.89. The van der Waals surface area contributed by atoms with Gasteiger partial charge in [-0.15, -0.1) is 0 Å². The Hall–Kier alpha value is -0.0431. The monoisotopic (exact) mass is 142 g/mol. The van der Waals surface area contributed by atoms with Crippen molar-refractivity contribution in [1.82, 2.24) is 0 Å². The van der Waals surface area contributed by atoms with Crippen LogP contribution in [0.1, 0.15) is 32.6 Å². The topological polar surface area (TPSA) is 0 Å². The zero-order chi connectivity index (χ0) is 6.95. The summed E-state index contributed by atoms with van der Waals surface area (Å²) in [5, 5.41) is 0. The molecule has 1 heteroatoms. The molecule has 0 N–H and O–H groups in total. The van der Waals surface area contributed by atoms with Crippen molar-refractivity contribution in [2.45, 2.75) is 38.7 Å². The summed E-state index contributed by atoms with van der Waals surface area (Å²) < 4.78 is 0. The molecule has 0 aromatic carbocycles. The van der Waals surface area contributed by atoms with Crippen LogP contribution in [-0.2, 0) is 0 Å². The maximum atomic E-state index is 2.26. The number of hydrogen-bond donors (Lipinski definition) is 0. The highest BCUT2D eigenvalue weighted by molar-refractivity contribution is 6.08. The van der Waals surface area contributed by atoms with Gasteiger partial charge in [-0.1, -0.05) is 31.0 Å². The Bertz CT molecular complexity index is 67.0. The molecule has 0 amide bonds. The third-order valence-corrected chi connectivity index (χ3v) is 2.17. The van der Waals surface area contributed by atoms with Crippen molar-refractivity contribution in [2.24, 2.45) is 0 Å². The summed E-state index contributed by atoms with van der Waals surface area (Å²) in [6, 6.07) is 1.48. The lowest BCUT2D eigenvalue weighted by atomic mass is 10.2. The SMILES string of the molecule is CC=CCCCCC[SiH3]. The Labute approximate surface area is 61.8 Å². The minimum absolute atomic E-state index is 1.29. The highest BCUT2D eigenvalue weighted by atomic mass is 28.1. The van der Waals surface area contributed by atoms with Gasteiger partial charge in [0.25, 0.3) is 0 Å². The number of rotatable bonds is 5. The van der Waals surface area contributed by atoms with E-state index in [1.807, 2.05) is 0 Å². The predicted octanol–water partition coefficient (Wildman–Crippen LogP) is 1.91. The largest absolute Gasteiger partial charge is 0.0917 e. The van der Waals surface area contributed by atoms with Crippen LogP contribution in [0.3, 0.4) is 0 Å². The lowest BCUT2D eigenvalue weighted by Crippen LogP contribution is -1.74. The van der Waals surface area contributed by atoms with Gasteiger partial charge in [-0.3, -0.25) is 0 Å². The summed E-state index contributed by atoms with van der Waals surface area (Å²) in [6.45, 7) is 2.09. The minimum atomic E-state index is 1.29. The van der Waals surface area contributed by atoms with E-state index in [0.29, 0.717) is 0 Å². The summed E-state index contributed by atoms with van der Waals surface area (Å²) in [6.07, 6.45) is 9.98. The second-order valence-electron chi connectivity index (χ2n) is 2.42. The van der Waals surface area contributed by atoms with Crippen LogP contribution >= 0.6 is 0 Å². The van der Waals surface area contributed by atoms with Crippen molar-refractivity contribution >= 4 is 10.2 Å². The first-order valence-corrected chi connectivity index (χ1v) is 5.44. The summed E-state index contributed by atoms with van der Waals surface area (Å²) in [5.74, 6) is 0. The molecule has 0 fully saturated rings. The van der Waals surface area contributed by atoms with E-state index in [-0.39, 0.29) is 0 Å². The van der Waals surface area contributed by atoms with E-state index < -0.39 is 0 Å². The second kappa shape index (κ2) is 7.96. The first-order chi connectivity index (χ1) is 4.41. The van der Waals surface area contributed by atoms with Crippen LogP contribution in [0, 0.1) is 0 Å². The van der Waals surface area contributed by atoms with E-state index in [1.165, 1.54) is 42.0 Å². The van der Waals surface area contributed by atoms with E-state index in [9.17, 15) is 0 Å². The molecule has 0 unspecified atom stereocenters. The summed E-state index contributed by atoms with van der Waals surface area (Å²) in [5.41, 5.74) is 0. The quantitative estimate of drug-likeness (QED) is 0.312. The summed E-state index contributed by atoms with van der Waals surface area (Å²) >= 11 is 0. The van der Waals surface area contributed by atoms with Gasteiger partial charge in [-0.05, 0) is 19.8 Å². The molecule has 54 valence electrons. The van der Waals surface area contributed by atoms with Gasteiger partial charge in [-0.2, -0.15) is 0 Å². The molecule has 0 bridgehead atoms. The molecule has 0 heterocycles. The Kier molecular flexibility index (Phi) is 7.92. The molecular weight excluding hydrogens is 124 g/mol. The lowest BCUT2D eigenvalue weighted by molar-refractivity contribution is 0.728. The first-order valence-electron chi connectivity index (χ1n) is 4.03. The molecule has 0 saturated carbocycles. The van der Waals surface area contributed by atoms with Gasteiger partial charge in [0, 0.05) is 10.2 Å². The Morgan fingerprint density at radius 2 is 2.00 bits per heavy atom. The molecule has 0 aliphatic heterocycles. The number of unbranched alkanes of at least 4 members (excludes halogenated alkanes) is 3. The van der Waals surface area contributed by atoms with Crippen molar-refractivity contribution in [3.63, 3.8) is 0 Å². The molecule has 0 nitrogen and oxygen atoms in total. The molecule has 0 atom stereocenters. The molecular formula is C8H18Si. The molecule has 0 aromatic heterocycles. The number of hydrogen-bond acceptors (Lipinski definition) is 0. The van der Waals surface area contributed by atoms with Crippen molar-refractivity contribution < 1.29 is 0 Å². The van der Waals surface area contributed by atoms with Gasteiger partial charge in [0.05, 0.1) is 0 Å². The van der Waals surface area contributed by atoms with Crippen LogP contribution in [0.5, 0.6) is 0 Å². The highest BCUT2D eigenvalue weighted by Gasteiger charge is 1.82. The Balaban J connectivity index is 2.75. The van der Waals surface area contributed by atoms with Gasteiger partial charge >= 0.3 is 0 Å². The predicted molar refractivity (Wildman–Crippen MR) is 48.0 cm³/mol. The van der Waals surface area contributed by atoms with Crippen molar-refractivity contribution in [3.8, 4) is 0 Å². The van der Waals surface area contributed by atoms with Gasteiger partial charge in [0.15, 0.2) is 0 Å². The first kappa shape index (κ1) is 8.96. The molecule has 0 radical (unpaired) electrons. The average molecular weight is 142 g/mol. The van der Waals surface area contributed by atoms with Gasteiger partial charge in [0.1, 0.15) is 0 Å². The van der Waals surface area contributed by atoms with Crippen LogP contribution in [0.4, 0.5) is 0 Å². The van der Waals surface area contributed by atoms with Crippen molar-refractivity contribution in [1.29, 1.82) is 0 Å². The minimum Gasteiger partial charge on any atom is -0.0917 e. The van der Waals surface area contributed by atoms with Crippen LogP contribution in [-0.4, -0.2) is 10.2 Å². The second-order valence-corrected chi connectivity index (χ2v) is 3.42. The molecule has 0 aromatic rings. The van der Waals surface area contributed by atoms with Crippen molar-refractivity contribution in [3.05, 3.63) is 12.2 Å². The van der Waals surface area contributed by atoms with Crippen molar-refractivity contribution in [2.75, 3.05) is 0 Å². The molecule has 0 aliphatic rings. The third-order valence-electron chi connectivity index (χ3n) is 1.46. The van der Waals surface area contributed by atoms with Crippen LogP contribution < -0.4 is 0 Å². The van der Waals surface area contributed by atoms with E-state index in [0.717, 1.165) is 0 Å². The van der Waals surface area contributed by atoms with E-state index >= 15 is 0 Å². The number of allylic oxidation sites excluding steroid dienone is 2. The molecule has 0 spiro atoms. The fraction of sp³-hybridized carbons (Fsp3) is 0.750. The highest BCUT2D eigenvalue weighted by Crippen LogP contribution is 2.01. The molecule has 0 rings (SSSR count). The van der Waals surface area contributed by atoms with E-state index in [2.05, 4.69) is 19.1 Å². The van der Waals surface area contributed by atoms with Crippen LogP contribution in [0.2, 0.25) is 6.04 Å². The summed E-state index contributed by atoms with van der Waals surface area (Å²) in [4.78, 5) is 0. The standard InChI is InChI=1S/C8H18Si/c1-2-3-4-5-6-7-8-9/h2-3H,4-8H2,1,9H3. The maximum absolute atomic E-state index is 2.26. The molecule has 0 saturated heterocycles. The fourth-order valence-corrected chi connectivity index (χ4v) is 1.36. The normalized spacial score (nSPS) is 11.2. The Morgan fingerprint density at radius 1 is 1.22 bits per heavy atom. The third kappa shape index (κ3) is 7.96. The van der Waals surface area contributed by atoms with Gasteiger partial charge in [0.2, 0.25) is 0 Å². The zero-order valence-electron chi connectivity index (χ0n) is 6.69. The summed E-state index contributed by atoms with van der Waals surface area (Å²) in [7, 11) is 1.39. The van der Waals surface area contributed by atoms with Crippen LogP contribution in [0.15, 0.2) is 12.2 Å². The van der Waals surface area contributed by atoms with Gasteiger partial charge in [-0.25, -0.2) is 0 Å². The maximum Gasteiger partial charge on any atom is 0.00279 e. The van der Waals surface area contributed by atoms with Gasteiger partial charge < -0.3 is 0 Å². The smallest absolute Gasteiger partial charge is 0.00279 e.